The summed E-state index contributed by atoms with van der Waals surface area (Å²) in [5.41, 5.74) is 9.58. The van der Waals surface area contributed by atoms with E-state index in [1.165, 1.54) is 0 Å². The molecule has 0 unspecified atom stereocenters. The highest BCUT2D eigenvalue weighted by atomic mass is 79.9. The normalized spacial score (nSPS) is 10.8. The van der Waals surface area contributed by atoms with E-state index in [1.807, 2.05) is 24.3 Å². The number of rotatable bonds is 4. The molecule has 0 aromatic heterocycles. The number of hydrogen-bond donors (Lipinski definition) is 2. The van der Waals surface area contributed by atoms with Gasteiger partial charge in [-0.1, -0.05) is 45.2 Å². The van der Waals surface area contributed by atoms with E-state index in [4.69, 9.17) is 34.0 Å². The number of nitrogen functional groups attached to an aromatic ring is 1. The summed E-state index contributed by atoms with van der Waals surface area (Å²) in [6.07, 6.45) is 1.10. The highest BCUT2D eigenvalue weighted by Crippen LogP contribution is 2.29. The Morgan fingerprint density at radius 1 is 1.05 bits per heavy atom. The van der Waals surface area contributed by atoms with Crippen LogP contribution in [0.2, 0.25) is 10.0 Å². The molecule has 0 saturated heterocycles. The quantitative estimate of drug-likeness (QED) is 0.776. The lowest BCUT2D eigenvalue weighted by molar-refractivity contribution is 0.300. The van der Waals surface area contributed by atoms with Gasteiger partial charge in [0.15, 0.2) is 0 Å². The smallest absolute Gasteiger partial charge is 0.0472 e. The van der Waals surface area contributed by atoms with Crippen molar-refractivity contribution in [2.45, 2.75) is 12.8 Å². The minimum atomic E-state index is 0.0447. The molecule has 0 amide bonds. The van der Waals surface area contributed by atoms with Crippen LogP contribution < -0.4 is 5.73 Å². The first-order chi connectivity index (χ1) is 9.51. The minimum Gasteiger partial charge on any atom is -0.398 e. The van der Waals surface area contributed by atoms with Crippen LogP contribution in [-0.2, 0) is 12.8 Å². The van der Waals surface area contributed by atoms with Crippen molar-refractivity contribution in [2.75, 3.05) is 12.3 Å². The summed E-state index contributed by atoms with van der Waals surface area (Å²) in [5.74, 6) is 0. The van der Waals surface area contributed by atoms with Crippen LogP contribution in [0.5, 0.6) is 0 Å². The Labute approximate surface area is 136 Å². The number of benzene rings is 2. The van der Waals surface area contributed by atoms with Crippen LogP contribution in [-0.4, -0.2) is 11.7 Å². The van der Waals surface area contributed by atoms with Crippen molar-refractivity contribution in [3.63, 3.8) is 0 Å². The number of hydrogen-bond acceptors (Lipinski definition) is 2. The second-order valence-corrected chi connectivity index (χ2v) is 6.28. The van der Waals surface area contributed by atoms with Crippen molar-refractivity contribution in [1.82, 2.24) is 0 Å². The van der Waals surface area contributed by atoms with Crippen LogP contribution >= 0.6 is 39.1 Å². The van der Waals surface area contributed by atoms with Gasteiger partial charge in [0.05, 0.1) is 0 Å². The molecule has 0 aliphatic rings. The molecule has 2 aromatic carbocycles. The molecule has 0 aliphatic heterocycles. The van der Waals surface area contributed by atoms with Crippen molar-refractivity contribution in [3.8, 4) is 0 Å². The monoisotopic (exact) mass is 373 g/mol. The second-order valence-electron chi connectivity index (χ2n) is 4.52. The van der Waals surface area contributed by atoms with Crippen LogP contribution in [0.4, 0.5) is 5.69 Å². The van der Waals surface area contributed by atoms with E-state index in [-0.39, 0.29) is 6.61 Å². The molecule has 2 nitrogen and oxygen atoms in total. The van der Waals surface area contributed by atoms with E-state index in [0.717, 1.165) is 21.2 Å². The van der Waals surface area contributed by atoms with Gasteiger partial charge in [-0.2, -0.15) is 0 Å². The molecule has 106 valence electrons. The number of nitrogens with two attached hydrogens (primary N) is 1. The van der Waals surface area contributed by atoms with Crippen LogP contribution in [0.15, 0.2) is 34.8 Å². The molecular weight excluding hydrogens is 361 g/mol. The topological polar surface area (TPSA) is 46.2 Å². The maximum absolute atomic E-state index is 9.07. The summed E-state index contributed by atoms with van der Waals surface area (Å²) in [5, 5.41) is 10.4. The molecule has 3 N–H and O–H groups in total. The maximum atomic E-state index is 9.07. The molecular formula is C15H14BrCl2NO. The standard InChI is InChI=1S/C15H14BrCl2NO/c16-12-2-1-9(14(18)8-12)5-11-7-13(17)6-10(3-4-20)15(11)19/h1-2,6-8,20H,3-5,19H2. The van der Waals surface area contributed by atoms with Crippen LogP contribution in [0.1, 0.15) is 16.7 Å². The van der Waals surface area contributed by atoms with Gasteiger partial charge in [-0.3, -0.25) is 0 Å². The molecule has 0 radical (unpaired) electrons. The summed E-state index contributed by atoms with van der Waals surface area (Å²) in [4.78, 5) is 0. The zero-order chi connectivity index (χ0) is 14.7. The summed E-state index contributed by atoms with van der Waals surface area (Å²) >= 11 is 15.7. The SMILES string of the molecule is Nc1c(CCO)cc(Cl)cc1Cc1ccc(Br)cc1Cl. The molecule has 2 aromatic rings. The molecule has 20 heavy (non-hydrogen) atoms. The van der Waals surface area contributed by atoms with E-state index in [2.05, 4.69) is 15.9 Å². The largest absolute Gasteiger partial charge is 0.398 e. The molecule has 2 rings (SSSR count). The fraction of sp³-hybridized carbons (Fsp3) is 0.200. The van der Waals surface area contributed by atoms with E-state index >= 15 is 0 Å². The molecule has 0 spiro atoms. The number of anilines is 1. The first kappa shape index (κ1) is 15.6. The van der Waals surface area contributed by atoms with Gasteiger partial charge in [0.2, 0.25) is 0 Å². The number of aliphatic hydroxyl groups excluding tert-OH is 1. The van der Waals surface area contributed by atoms with Crippen molar-refractivity contribution in [2.24, 2.45) is 0 Å². The number of aliphatic hydroxyl groups is 1. The number of halogens is 3. The van der Waals surface area contributed by atoms with Crippen molar-refractivity contribution >= 4 is 44.8 Å². The first-order valence-electron chi connectivity index (χ1n) is 6.13. The molecule has 0 saturated carbocycles. The molecule has 0 aliphatic carbocycles. The highest BCUT2D eigenvalue weighted by molar-refractivity contribution is 9.10. The fourth-order valence-corrected chi connectivity index (χ4v) is 3.08. The predicted molar refractivity (Wildman–Crippen MR) is 88.6 cm³/mol. The summed E-state index contributed by atoms with van der Waals surface area (Å²) in [6.45, 7) is 0.0447. The lowest BCUT2D eigenvalue weighted by atomic mass is 9.99. The third-order valence-electron chi connectivity index (χ3n) is 3.09. The van der Waals surface area contributed by atoms with Crippen molar-refractivity contribution in [3.05, 3.63) is 61.5 Å². The van der Waals surface area contributed by atoms with Gasteiger partial charge >= 0.3 is 0 Å². The third-order valence-corrected chi connectivity index (χ3v) is 4.16. The third kappa shape index (κ3) is 3.67. The van der Waals surface area contributed by atoms with Gasteiger partial charge in [-0.25, -0.2) is 0 Å². The summed E-state index contributed by atoms with van der Waals surface area (Å²) in [6, 6.07) is 9.39. The Hall–Kier alpha value is -0.740. The highest BCUT2D eigenvalue weighted by Gasteiger charge is 2.10. The van der Waals surface area contributed by atoms with E-state index < -0.39 is 0 Å². The Bertz CT molecular complexity index is 632. The zero-order valence-electron chi connectivity index (χ0n) is 10.7. The molecule has 0 atom stereocenters. The lowest BCUT2D eigenvalue weighted by Gasteiger charge is -2.12. The average Bonchev–Trinajstić information content (AvgIpc) is 2.38. The van der Waals surface area contributed by atoms with Gasteiger partial charge < -0.3 is 10.8 Å². The zero-order valence-corrected chi connectivity index (χ0v) is 13.8. The second kappa shape index (κ2) is 6.81. The van der Waals surface area contributed by atoms with E-state index in [0.29, 0.717) is 28.6 Å². The van der Waals surface area contributed by atoms with Crippen molar-refractivity contribution < 1.29 is 5.11 Å². The lowest BCUT2D eigenvalue weighted by Crippen LogP contribution is -2.03. The molecule has 0 heterocycles. The van der Waals surface area contributed by atoms with Gasteiger partial charge in [-0.15, -0.1) is 0 Å². The Balaban J connectivity index is 2.37. The molecule has 0 bridgehead atoms. The van der Waals surface area contributed by atoms with Gasteiger partial charge in [-0.05, 0) is 47.4 Å². The van der Waals surface area contributed by atoms with Gasteiger partial charge in [0.25, 0.3) is 0 Å². The molecule has 0 fully saturated rings. The fourth-order valence-electron chi connectivity index (χ4n) is 2.08. The predicted octanol–water partition coefficient (Wildman–Crippen LogP) is 4.46. The minimum absolute atomic E-state index is 0.0447. The maximum Gasteiger partial charge on any atom is 0.0472 e. The summed E-state index contributed by atoms with van der Waals surface area (Å²) in [7, 11) is 0. The Morgan fingerprint density at radius 3 is 2.40 bits per heavy atom. The van der Waals surface area contributed by atoms with Crippen molar-refractivity contribution in [1.29, 1.82) is 0 Å². The van der Waals surface area contributed by atoms with Gasteiger partial charge in [0.1, 0.15) is 0 Å². The first-order valence-corrected chi connectivity index (χ1v) is 7.67. The summed E-state index contributed by atoms with van der Waals surface area (Å²) < 4.78 is 0.936. The Morgan fingerprint density at radius 2 is 1.75 bits per heavy atom. The van der Waals surface area contributed by atoms with Crippen LogP contribution in [0.25, 0.3) is 0 Å². The Kier molecular flexibility index (Phi) is 5.33. The van der Waals surface area contributed by atoms with E-state index in [1.54, 1.807) is 6.07 Å². The van der Waals surface area contributed by atoms with Crippen LogP contribution in [0.3, 0.4) is 0 Å². The van der Waals surface area contributed by atoms with E-state index in [9.17, 15) is 0 Å². The molecule has 5 heteroatoms. The van der Waals surface area contributed by atoms with Crippen LogP contribution in [0, 0.1) is 0 Å². The van der Waals surface area contributed by atoms with Gasteiger partial charge in [0, 0.05) is 33.2 Å². The average molecular weight is 375 g/mol.